The van der Waals surface area contributed by atoms with Crippen LogP contribution in [-0.4, -0.2) is 37.4 Å². The molecular weight excluding hydrogens is 217 g/mol. The zero-order valence-corrected chi connectivity index (χ0v) is 10.6. The predicted molar refractivity (Wildman–Crippen MR) is 60.0 cm³/mol. The van der Waals surface area contributed by atoms with E-state index in [9.17, 15) is 4.57 Å². The highest BCUT2D eigenvalue weighted by molar-refractivity contribution is 7.52. The Morgan fingerprint density at radius 2 is 1.80 bits per heavy atom. The summed E-state index contributed by atoms with van der Waals surface area (Å²) < 4.78 is 23.8. The average molecular weight is 237 g/mol. The molecule has 0 atom stereocenters. The van der Waals surface area contributed by atoms with E-state index in [4.69, 9.17) is 14.5 Å². The van der Waals surface area contributed by atoms with Crippen molar-refractivity contribution in [3.8, 4) is 0 Å². The smallest absolute Gasteiger partial charge is 0.359 e. The molecule has 0 fully saturated rings. The number of nitrogens with zero attached hydrogens (tertiary/aromatic N) is 1. The Morgan fingerprint density at radius 1 is 1.33 bits per heavy atom. The summed E-state index contributed by atoms with van der Waals surface area (Å²) in [5.41, 5.74) is 0. The first-order chi connectivity index (χ1) is 7.05. The topological polar surface area (TPSA) is 74.7 Å². The Morgan fingerprint density at radius 3 is 2.07 bits per heavy atom. The lowest BCUT2D eigenvalue weighted by atomic mass is 10.7. The summed E-state index contributed by atoms with van der Waals surface area (Å²) in [6.07, 6.45) is 0. The van der Waals surface area contributed by atoms with Crippen LogP contribution in [0.4, 0.5) is 0 Å². The molecule has 7 heteroatoms. The molecule has 0 spiro atoms. The summed E-state index contributed by atoms with van der Waals surface area (Å²) in [6, 6.07) is 0. The van der Waals surface area contributed by atoms with Crippen LogP contribution in [0, 0.1) is 5.41 Å². The minimum Gasteiger partial charge on any atom is -0.359 e. The molecule has 0 aliphatic rings. The first-order valence-corrected chi connectivity index (χ1v) is 6.48. The Labute approximate surface area is 91.0 Å². The van der Waals surface area contributed by atoms with E-state index < -0.39 is 7.75 Å². The van der Waals surface area contributed by atoms with Gasteiger partial charge in [-0.3, -0.25) is 14.5 Å². The van der Waals surface area contributed by atoms with E-state index in [1.54, 1.807) is 27.8 Å². The van der Waals surface area contributed by atoms with Crippen molar-refractivity contribution in [1.29, 1.82) is 5.41 Å². The highest BCUT2D eigenvalue weighted by atomic mass is 31.2. The molecule has 0 unspecified atom stereocenters. The molecule has 0 bridgehead atoms. The van der Waals surface area contributed by atoms with Crippen LogP contribution in [-0.2, 0) is 13.6 Å². The number of rotatable bonds is 6. The van der Waals surface area contributed by atoms with Gasteiger partial charge in [-0.05, 0) is 20.8 Å². The first-order valence-electron chi connectivity index (χ1n) is 4.99. The lowest BCUT2D eigenvalue weighted by Crippen LogP contribution is -2.37. The van der Waals surface area contributed by atoms with Crippen LogP contribution >= 0.6 is 7.75 Å². The molecule has 0 rings (SSSR count). The quantitative estimate of drug-likeness (QED) is 0.417. The van der Waals surface area contributed by atoms with Crippen molar-refractivity contribution < 1.29 is 13.6 Å². The van der Waals surface area contributed by atoms with Gasteiger partial charge in [0.15, 0.2) is 5.96 Å². The minimum atomic E-state index is -3.36. The molecule has 0 saturated heterocycles. The van der Waals surface area contributed by atoms with Crippen molar-refractivity contribution in [2.75, 3.05) is 26.8 Å². The van der Waals surface area contributed by atoms with Crippen molar-refractivity contribution >= 4 is 13.7 Å². The second-order valence-corrected chi connectivity index (χ2v) is 4.55. The highest BCUT2D eigenvalue weighted by Gasteiger charge is 2.33. The van der Waals surface area contributed by atoms with Crippen LogP contribution in [0.5, 0.6) is 0 Å². The van der Waals surface area contributed by atoms with Gasteiger partial charge in [-0.25, -0.2) is 9.24 Å². The van der Waals surface area contributed by atoms with Crippen molar-refractivity contribution in [3.63, 3.8) is 0 Å². The number of hydrogen-bond acceptors (Lipinski definition) is 4. The van der Waals surface area contributed by atoms with Gasteiger partial charge in [0.25, 0.3) is 0 Å². The molecule has 0 amide bonds. The van der Waals surface area contributed by atoms with Crippen molar-refractivity contribution in [3.05, 3.63) is 0 Å². The number of nitrogens with one attached hydrogen (secondary N) is 2. The summed E-state index contributed by atoms with van der Waals surface area (Å²) in [7, 11) is -1.77. The highest BCUT2D eigenvalue weighted by Crippen LogP contribution is 2.51. The molecule has 0 aromatic rings. The van der Waals surface area contributed by atoms with Crippen LogP contribution in [0.1, 0.15) is 20.8 Å². The standard InChI is InChI=1S/C8H20N3O3P/c1-5-11(8(9)10-4)15(12,13-6-2)14-7-3/h5-7H2,1-4H3,(H2,9,10). The van der Waals surface area contributed by atoms with Gasteiger partial charge in [-0.1, -0.05) is 0 Å². The molecule has 0 aliphatic heterocycles. The second kappa shape index (κ2) is 6.82. The number of hydrogen-bond donors (Lipinski definition) is 2. The van der Waals surface area contributed by atoms with Crippen LogP contribution in [0.15, 0.2) is 0 Å². The summed E-state index contributed by atoms with van der Waals surface area (Å²) in [6.45, 7) is 6.22. The summed E-state index contributed by atoms with van der Waals surface area (Å²) in [5.74, 6) is 0.0303. The lowest BCUT2D eigenvalue weighted by molar-refractivity contribution is 0.188. The Balaban J connectivity index is 4.84. The summed E-state index contributed by atoms with van der Waals surface area (Å²) in [4.78, 5) is 0. The Kier molecular flexibility index (Phi) is 6.56. The fourth-order valence-electron chi connectivity index (χ4n) is 1.09. The number of guanidine groups is 1. The van der Waals surface area contributed by atoms with Crippen molar-refractivity contribution in [1.82, 2.24) is 9.99 Å². The monoisotopic (exact) mass is 237 g/mol. The molecule has 0 aromatic carbocycles. The van der Waals surface area contributed by atoms with Gasteiger partial charge in [-0.2, -0.15) is 0 Å². The van der Waals surface area contributed by atoms with Crippen LogP contribution < -0.4 is 5.32 Å². The van der Waals surface area contributed by atoms with E-state index in [0.717, 1.165) is 0 Å². The Hall–Kier alpha value is -0.580. The normalized spacial score (nSPS) is 11.2. The molecule has 2 N–H and O–H groups in total. The predicted octanol–water partition coefficient (Wildman–Crippen LogP) is 1.64. The van der Waals surface area contributed by atoms with Gasteiger partial charge in [0.1, 0.15) is 0 Å². The largest absolute Gasteiger partial charge is 0.437 e. The van der Waals surface area contributed by atoms with Crippen molar-refractivity contribution in [2.45, 2.75) is 20.8 Å². The molecule has 90 valence electrons. The van der Waals surface area contributed by atoms with E-state index in [1.807, 2.05) is 0 Å². The average Bonchev–Trinajstić information content (AvgIpc) is 2.19. The molecule has 0 aromatic heterocycles. The third-order valence-electron chi connectivity index (χ3n) is 1.67. The van der Waals surface area contributed by atoms with Gasteiger partial charge in [0.05, 0.1) is 13.2 Å². The lowest BCUT2D eigenvalue weighted by Gasteiger charge is -2.29. The van der Waals surface area contributed by atoms with Crippen molar-refractivity contribution in [2.24, 2.45) is 0 Å². The van der Waals surface area contributed by atoms with Gasteiger partial charge in [0, 0.05) is 13.6 Å². The van der Waals surface area contributed by atoms with E-state index in [1.165, 1.54) is 4.67 Å². The minimum absolute atomic E-state index is 0.0303. The third-order valence-corrected chi connectivity index (χ3v) is 3.92. The summed E-state index contributed by atoms with van der Waals surface area (Å²) >= 11 is 0. The van der Waals surface area contributed by atoms with Crippen LogP contribution in [0.3, 0.4) is 0 Å². The SMILES string of the molecule is CCOP(=O)(OCC)N(CC)C(=N)NC. The van der Waals surface area contributed by atoms with Crippen LogP contribution in [0.25, 0.3) is 0 Å². The fourth-order valence-corrected chi connectivity index (χ4v) is 2.78. The van der Waals surface area contributed by atoms with Gasteiger partial charge >= 0.3 is 7.75 Å². The van der Waals surface area contributed by atoms with E-state index in [-0.39, 0.29) is 19.2 Å². The maximum absolute atomic E-state index is 12.2. The van der Waals surface area contributed by atoms with Gasteiger partial charge < -0.3 is 5.32 Å². The molecule has 6 nitrogen and oxygen atoms in total. The van der Waals surface area contributed by atoms with Gasteiger partial charge in [-0.15, -0.1) is 0 Å². The molecule has 15 heavy (non-hydrogen) atoms. The maximum atomic E-state index is 12.2. The van der Waals surface area contributed by atoms with E-state index >= 15 is 0 Å². The van der Waals surface area contributed by atoms with Crippen LogP contribution in [0.2, 0.25) is 0 Å². The van der Waals surface area contributed by atoms with E-state index in [0.29, 0.717) is 6.54 Å². The molecule has 0 saturated carbocycles. The molecule has 0 radical (unpaired) electrons. The zero-order valence-electron chi connectivity index (χ0n) is 9.74. The zero-order chi connectivity index (χ0) is 11.9. The van der Waals surface area contributed by atoms with E-state index in [2.05, 4.69) is 5.32 Å². The first kappa shape index (κ1) is 14.4. The second-order valence-electron chi connectivity index (χ2n) is 2.62. The Bertz CT molecular complexity index is 237. The van der Waals surface area contributed by atoms with Gasteiger partial charge in [0.2, 0.25) is 0 Å². The third kappa shape index (κ3) is 3.81. The molecule has 0 heterocycles. The fraction of sp³-hybridized carbons (Fsp3) is 0.875. The molecular formula is C8H20N3O3P. The molecule has 0 aliphatic carbocycles. The summed E-state index contributed by atoms with van der Waals surface area (Å²) in [5, 5.41) is 10.2. The maximum Gasteiger partial charge on any atom is 0.437 e.